The number of hydrogen-bond acceptors (Lipinski definition) is 2. The van der Waals surface area contributed by atoms with E-state index in [-0.39, 0.29) is 5.41 Å². The molecule has 0 spiro atoms. The molecule has 10 aromatic rings. The van der Waals surface area contributed by atoms with E-state index >= 15 is 0 Å². The lowest BCUT2D eigenvalue weighted by molar-refractivity contribution is 0.669. The van der Waals surface area contributed by atoms with Crippen molar-refractivity contribution in [1.29, 1.82) is 0 Å². The summed E-state index contributed by atoms with van der Waals surface area (Å²) in [6.07, 6.45) is 0. The molecule has 0 aliphatic heterocycles. The van der Waals surface area contributed by atoms with Gasteiger partial charge in [0.05, 0.1) is 0 Å². The minimum absolute atomic E-state index is 0.243. The molecule has 0 atom stereocenters. The molecule has 0 unspecified atom stereocenters. The normalized spacial score (nSPS) is 12.9. The summed E-state index contributed by atoms with van der Waals surface area (Å²) in [7, 11) is 0. The van der Waals surface area contributed by atoms with E-state index in [9.17, 15) is 0 Å². The summed E-state index contributed by atoms with van der Waals surface area (Å²) in [6.45, 7) is 2.38. The highest BCUT2D eigenvalue weighted by Gasteiger charge is 2.40. The van der Waals surface area contributed by atoms with E-state index in [0.717, 1.165) is 39.0 Å². The van der Waals surface area contributed by atoms with Crippen molar-refractivity contribution < 1.29 is 4.42 Å². The van der Waals surface area contributed by atoms with Gasteiger partial charge in [0.15, 0.2) is 0 Å². The highest BCUT2D eigenvalue weighted by Crippen LogP contribution is 2.52. The molecule has 56 heavy (non-hydrogen) atoms. The van der Waals surface area contributed by atoms with E-state index in [1.807, 2.05) is 12.1 Å². The van der Waals surface area contributed by atoms with Crippen LogP contribution in [0.1, 0.15) is 23.6 Å². The smallest absolute Gasteiger partial charge is 0.137 e. The lowest BCUT2D eigenvalue weighted by Gasteiger charge is -2.29. The molecule has 0 saturated heterocycles. The van der Waals surface area contributed by atoms with Gasteiger partial charge in [0.1, 0.15) is 11.2 Å². The number of hydrogen-bond donors (Lipinski definition) is 0. The molecular formula is C54H37NO. The van der Waals surface area contributed by atoms with Crippen LogP contribution in [0.25, 0.3) is 66.1 Å². The van der Waals surface area contributed by atoms with E-state index in [2.05, 4.69) is 206 Å². The van der Waals surface area contributed by atoms with Crippen LogP contribution >= 0.6 is 0 Å². The topological polar surface area (TPSA) is 16.4 Å². The molecular weight excluding hydrogens is 679 g/mol. The Kier molecular flexibility index (Phi) is 7.33. The molecule has 11 rings (SSSR count). The monoisotopic (exact) mass is 715 g/mol. The minimum atomic E-state index is -0.243. The van der Waals surface area contributed by atoms with Gasteiger partial charge >= 0.3 is 0 Å². The third kappa shape index (κ3) is 5.03. The highest BCUT2D eigenvalue weighted by molar-refractivity contribution is 6.06. The van der Waals surface area contributed by atoms with Crippen molar-refractivity contribution in [3.05, 3.63) is 223 Å². The van der Waals surface area contributed by atoms with Crippen LogP contribution in [-0.2, 0) is 5.41 Å². The van der Waals surface area contributed by atoms with Crippen molar-refractivity contribution in [3.8, 4) is 33.4 Å². The molecule has 0 amide bonds. The lowest BCUT2D eigenvalue weighted by Crippen LogP contribution is -2.22. The fraction of sp³-hybridized carbons (Fsp3) is 0.0370. The largest absolute Gasteiger partial charge is 0.456 e. The van der Waals surface area contributed by atoms with Gasteiger partial charge in [-0.3, -0.25) is 0 Å². The van der Waals surface area contributed by atoms with Gasteiger partial charge in [-0.25, -0.2) is 0 Å². The van der Waals surface area contributed by atoms with Gasteiger partial charge in [0.2, 0.25) is 0 Å². The van der Waals surface area contributed by atoms with Crippen molar-refractivity contribution in [3.63, 3.8) is 0 Å². The average Bonchev–Trinajstić information content (AvgIpc) is 3.77. The average molecular weight is 716 g/mol. The second-order valence-corrected chi connectivity index (χ2v) is 15.0. The molecule has 0 fully saturated rings. The summed E-state index contributed by atoms with van der Waals surface area (Å²) in [5.74, 6) is 0. The van der Waals surface area contributed by atoms with Crippen LogP contribution in [0.2, 0.25) is 0 Å². The first kappa shape index (κ1) is 32.3. The zero-order valence-corrected chi connectivity index (χ0v) is 31.0. The Bertz CT molecular complexity index is 3050. The van der Waals surface area contributed by atoms with Gasteiger partial charge in [-0.2, -0.15) is 0 Å². The van der Waals surface area contributed by atoms with Gasteiger partial charge in [-0.05, 0) is 116 Å². The predicted octanol–water partition coefficient (Wildman–Crippen LogP) is 14.9. The summed E-state index contributed by atoms with van der Waals surface area (Å²) >= 11 is 0. The van der Waals surface area contributed by atoms with Crippen molar-refractivity contribution >= 4 is 49.8 Å². The first-order chi connectivity index (χ1) is 27.6. The van der Waals surface area contributed by atoms with Gasteiger partial charge in [-0.1, -0.05) is 152 Å². The molecule has 1 heterocycles. The Morgan fingerprint density at radius 1 is 0.375 bits per heavy atom. The fourth-order valence-electron chi connectivity index (χ4n) is 9.14. The zero-order valence-electron chi connectivity index (χ0n) is 31.0. The Balaban J connectivity index is 0.995. The summed E-state index contributed by atoms with van der Waals surface area (Å²) in [5, 5.41) is 4.74. The molecule has 1 aliphatic rings. The third-order valence-corrected chi connectivity index (χ3v) is 12.0. The van der Waals surface area contributed by atoms with E-state index in [1.165, 1.54) is 60.8 Å². The predicted molar refractivity (Wildman–Crippen MR) is 234 cm³/mol. The minimum Gasteiger partial charge on any atom is -0.456 e. The zero-order chi connectivity index (χ0) is 37.2. The SMILES string of the molecule is CC1(c2cccc(-c3ccc(N(c4ccc(-c5cccc6ccccc56)cc4)c4ccc5c(c4)oc4ccccc45)cc3)c2)c2ccccc2-c2ccccc21. The van der Waals surface area contributed by atoms with E-state index < -0.39 is 0 Å². The van der Waals surface area contributed by atoms with Crippen molar-refractivity contribution in [2.24, 2.45) is 0 Å². The second-order valence-electron chi connectivity index (χ2n) is 15.0. The number of nitrogens with zero attached hydrogens (tertiary/aromatic N) is 1. The molecule has 0 bridgehead atoms. The summed E-state index contributed by atoms with van der Waals surface area (Å²) < 4.78 is 6.39. The van der Waals surface area contributed by atoms with Crippen LogP contribution in [0, 0.1) is 0 Å². The molecule has 1 aliphatic carbocycles. The maximum atomic E-state index is 6.39. The molecule has 9 aromatic carbocycles. The van der Waals surface area contributed by atoms with Crippen LogP contribution in [-0.4, -0.2) is 0 Å². The maximum Gasteiger partial charge on any atom is 0.137 e. The van der Waals surface area contributed by atoms with Crippen LogP contribution in [0.5, 0.6) is 0 Å². The molecule has 2 nitrogen and oxygen atoms in total. The summed E-state index contributed by atoms with van der Waals surface area (Å²) in [4.78, 5) is 2.33. The number of rotatable bonds is 6. The van der Waals surface area contributed by atoms with Crippen molar-refractivity contribution in [2.45, 2.75) is 12.3 Å². The van der Waals surface area contributed by atoms with E-state index in [0.29, 0.717) is 0 Å². The Morgan fingerprint density at radius 3 is 1.68 bits per heavy atom. The fourth-order valence-corrected chi connectivity index (χ4v) is 9.14. The molecule has 0 radical (unpaired) electrons. The van der Waals surface area contributed by atoms with Crippen LogP contribution in [0.15, 0.2) is 211 Å². The number of furan rings is 1. The van der Waals surface area contributed by atoms with Crippen molar-refractivity contribution in [2.75, 3.05) is 4.90 Å². The molecule has 0 saturated carbocycles. The molecule has 264 valence electrons. The number of fused-ring (bicyclic) bond motifs is 7. The van der Waals surface area contributed by atoms with Gasteiger partial charge in [0.25, 0.3) is 0 Å². The maximum absolute atomic E-state index is 6.39. The summed E-state index contributed by atoms with van der Waals surface area (Å²) in [6, 6.07) is 74.7. The number of benzene rings is 9. The Morgan fingerprint density at radius 2 is 0.929 bits per heavy atom. The summed E-state index contributed by atoms with van der Waals surface area (Å²) in [5.41, 5.74) is 16.2. The number of para-hydroxylation sites is 1. The van der Waals surface area contributed by atoms with E-state index in [1.54, 1.807) is 0 Å². The van der Waals surface area contributed by atoms with Gasteiger partial charge in [-0.15, -0.1) is 0 Å². The lowest BCUT2D eigenvalue weighted by atomic mass is 9.74. The number of anilines is 3. The van der Waals surface area contributed by atoms with Gasteiger partial charge < -0.3 is 9.32 Å². The molecule has 2 heteroatoms. The molecule has 0 N–H and O–H groups in total. The van der Waals surface area contributed by atoms with Gasteiger partial charge in [0, 0.05) is 39.3 Å². The highest BCUT2D eigenvalue weighted by atomic mass is 16.3. The third-order valence-electron chi connectivity index (χ3n) is 12.0. The molecule has 1 aromatic heterocycles. The Hall–Kier alpha value is -7.16. The van der Waals surface area contributed by atoms with Crippen LogP contribution < -0.4 is 4.90 Å². The first-order valence-corrected chi connectivity index (χ1v) is 19.3. The second kappa shape index (κ2) is 12.7. The quantitative estimate of drug-likeness (QED) is 0.170. The Labute approximate surface area is 326 Å². The van der Waals surface area contributed by atoms with Crippen LogP contribution in [0.4, 0.5) is 17.1 Å². The van der Waals surface area contributed by atoms with Crippen LogP contribution in [0.3, 0.4) is 0 Å². The van der Waals surface area contributed by atoms with Crippen molar-refractivity contribution in [1.82, 2.24) is 0 Å². The van der Waals surface area contributed by atoms with E-state index in [4.69, 9.17) is 4.42 Å². The first-order valence-electron chi connectivity index (χ1n) is 19.3. The standard InChI is InChI=1S/C54H37NO/c1-54(50-21-7-4-17-46(50)47-18-5-8-22-51(47)54)40-15-10-14-39(34-40)36-24-28-41(29-25-36)55(43-32-33-49-48-19-6-9-23-52(48)56-53(49)35-43)42-30-26-38(27-31-42)45-20-11-13-37-12-2-3-16-44(37)45/h2-35H,1H3.